The third-order valence-corrected chi connectivity index (χ3v) is 3.31. The van der Waals surface area contributed by atoms with Crippen molar-refractivity contribution in [1.29, 1.82) is 0 Å². The lowest BCUT2D eigenvalue weighted by Crippen LogP contribution is -2.22. The van der Waals surface area contributed by atoms with E-state index in [1.165, 1.54) is 12.8 Å². The first-order chi connectivity index (χ1) is 7.72. The highest BCUT2D eigenvalue weighted by Crippen LogP contribution is 2.38. The molecule has 2 heteroatoms. The molecule has 1 fully saturated rings. The molecule has 0 saturated heterocycles. The van der Waals surface area contributed by atoms with Gasteiger partial charge in [-0.1, -0.05) is 38.0 Å². The molecule has 0 spiro atoms. The first-order valence-electron chi connectivity index (χ1n) is 6.20. The molecule has 2 rings (SSSR count). The van der Waals surface area contributed by atoms with Crippen molar-refractivity contribution in [3.05, 3.63) is 35.1 Å². The van der Waals surface area contributed by atoms with Gasteiger partial charge in [0.1, 0.15) is 5.82 Å². The first kappa shape index (κ1) is 11.6. The van der Waals surface area contributed by atoms with Crippen LogP contribution in [0.2, 0.25) is 0 Å². The minimum atomic E-state index is -0.0332. The van der Waals surface area contributed by atoms with E-state index in [1.807, 2.05) is 25.1 Å². The molecule has 0 bridgehead atoms. The van der Waals surface area contributed by atoms with Crippen LogP contribution in [0.25, 0.3) is 0 Å². The van der Waals surface area contributed by atoms with Crippen LogP contribution < -0.4 is 5.32 Å². The molecule has 0 aliphatic heterocycles. The molecule has 1 aliphatic carbocycles. The summed E-state index contributed by atoms with van der Waals surface area (Å²) in [4.78, 5) is 0. The topological polar surface area (TPSA) is 12.0 Å². The Kier molecular flexibility index (Phi) is 3.59. The van der Waals surface area contributed by atoms with Crippen molar-refractivity contribution >= 4 is 0 Å². The lowest BCUT2D eigenvalue weighted by Gasteiger charge is -2.19. The second-order valence-corrected chi connectivity index (χ2v) is 4.77. The van der Waals surface area contributed by atoms with Crippen molar-refractivity contribution in [3.63, 3.8) is 0 Å². The smallest absolute Gasteiger partial charge is 0.130 e. The molecule has 1 atom stereocenters. The lowest BCUT2D eigenvalue weighted by molar-refractivity contribution is 0.461. The van der Waals surface area contributed by atoms with Gasteiger partial charge in [-0.05, 0) is 31.4 Å². The van der Waals surface area contributed by atoms with Gasteiger partial charge in [-0.2, -0.15) is 0 Å². The Morgan fingerprint density at radius 3 is 2.81 bits per heavy atom. The Morgan fingerprint density at radius 2 is 2.19 bits per heavy atom. The maximum absolute atomic E-state index is 14.0. The highest BCUT2D eigenvalue weighted by Gasteiger charge is 2.27. The molecule has 1 nitrogen and oxygen atoms in total. The highest BCUT2D eigenvalue weighted by atomic mass is 19.1. The fraction of sp³-hybridized carbons (Fsp3) is 0.571. The van der Waals surface area contributed by atoms with Gasteiger partial charge in [0.2, 0.25) is 0 Å². The third kappa shape index (κ3) is 2.62. The molecule has 0 radical (unpaired) electrons. The summed E-state index contributed by atoms with van der Waals surface area (Å²) in [6, 6.07) is 5.89. The van der Waals surface area contributed by atoms with Gasteiger partial charge in [-0.15, -0.1) is 0 Å². The average molecular weight is 221 g/mol. The van der Waals surface area contributed by atoms with Crippen LogP contribution in [-0.2, 0) is 0 Å². The first-order valence-corrected chi connectivity index (χ1v) is 6.20. The maximum Gasteiger partial charge on any atom is 0.130 e. The monoisotopic (exact) mass is 221 g/mol. The molecule has 0 heterocycles. The molecule has 1 unspecified atom stereocenters. The molecular weight excluding hydrogens is 201 g/mol. The van der Waals surface area contributed by atoms with Crippen LogP contribution in [0.1, 0.15) is 43.4 Å². The number of benzene rings is 1. The van der Waals surface area contributed by atoms with Crippen molar-refractivity contribution in [2.75, 3.05) is 6.54 Å². The SMILES string of the molecule is CCNC(CC1CC1)c1cccc(C)c1F. The molecule has 88 valence electrons. The summed E-state index contributed by atoms with van der Waals surface area (Å²) >= 11 is 0. The van der Waals surface area contributed by atoms with Crippen LogP contribution >= 0.6 is 0 Å². The zero-order valence-corrected chi connectivity index (χ0v) is 10.1. The van der Waals surface area contributed by atoms with E-state index in [2.05, 4.69) is 12.2 Å². The minimum absolute atomic E-state index is 0.0332. The van der Waals surface area contributed by atoms with Crippen molar-refractivity contribution < 1.29 is 4.39 Å². The van der Waals surface area contributed by atoms with E-state index >= 15 is 0 Å². The van der Waals surface area contributed by atoms with E-state index in [-0.39, 0.29) is 11.9 Å². The van der Waals surface area contributed by atoms with Crippen LogP contribution in [-0.4, -0.2) is 6.54 Å². The predicted octanol–water partition coefficient (Wildman–Crippen LogP) is 3.58. The Labute approximate surface area is 97.1 Å². The van der Waals surface area contributed by atoms with Gasteiger partial charge in [-0.25, -0.2) is 4.39 Å². The highest BCUT2D eigenvalue weighted by molar-refractivity contribution is 5.27. The Balaban J connectivity index is 2.18. The summed E-state index contributed by atoms with van der Waals surface area (Å²) in [6.45, 7) is 4.80. The third-order valence-electron chi connectivity index (χ3n) is 3.31. The van der Waals surface area contributed by atoms with Crippen LogP contribution in [0.15, 0.2) is 18.2 Å². The Hall–Kier alpha value is -0.890. The average Bonchev–Trinajstić information content (AvgIpc) is 3.06. The molecule has 1 saturated carbocycles. The van der Waals surface area contributed by atoms with Crippen molar-refractivity contribution in [1.82, 2.24) is 5.32 Å². The number of nitrogens with one attached hydrogen (secondary N) is 1. The second kappa shape index (κ2) is 4.96. The second-order valence-electron chi connectivity index (χ2n) is 4.77. The van der Waals surface area contributed by atoms with Gasteiger partial charge in [0.15, 0.2) is 0 Å². The van der Waals surface area contributed by atoms with Gasteiger partial charge < -0.3 is 5.32 Å². The summed E-state index contributed by atoms with van der Waals surface area (Å²) in [5.41, 5.74) is 1.59. The number of hydrogen-bond acceptors (Lipinski definition) is 1. The van der Waals surface area contributed by atoms with Crippen LogP contribution in [0.5, 0.6) is 0 Å². The van der Waals surface area contributed by atoms with E-state index in [1.54, 1.807) is 0 Å². The number of halogens is 1. The zero-order chi connectivity index (χ0) is 11.5. The fourth-order valence-electron chi connectivity index (χ4n) is 2.19. The molecule has 0 amide bonds. The molecule has 0 aromatic heterocycles. The van der Waals surface area contributed by atoms with Gasteiger partial charge in [0, 0.05) is 11.6 Å². The largest absolute Gasteiger partial charge is 0.310 e. The van der Waals surface area contributed by atoms with E-state index in [0.29, 0.717) is 0 Å². The van der Waals surface area contributed by atoms with Gasteiger partial charge >= 0.3 is 0 Å². The summed E-state index contributed by atoms with van der Waals surface area (Å²) < 4.78 is 14.0. The Bertz CT molecular complexity index is 358. The van der Waals surface area contributed by atoms with Crippen LogP contribution in [0.3, 0.4) is 0 Å². The zero-order valence-electron chi connectivity index (χ0n) is 10.1. The standard InChI is InChI=1S/C14H20FN/c1-3-16-13(9-11-7-8-11)12-6-4-5-10(2)14(12)15/h4-6,11,13,16H,3,7-9H2,1-2H3. The Morgan fingerprint density at radius 1 is 1.44 bits per heavy atom. The van der Waals surface area contributed by atoms with Gasteiger partial charge in [-0.3, -0.25) is 0 Å². The minimum Gasteiger partial charge on any atom is -0.310 e. The summed E-state index contributed by atoms with van der Waals surface area (Å²) in [5.74, 6) is 0.776. The molecule has 1 aliphatic rings. The fourth-order valence-corrected chi connectivity index (χ4v) is 2.19. The number of aryl methyl sites for hydroxylation is 1. The summed E-state index contributed by atoms with van der Waals surface area (Å²) in [6.07, 6.45) is 3.71. The molecular formula is C14H20FN. The van der Waals surface area contributed by atoms with Gasteiger partial charge in [0.05, 0.1) is 0 Å². The quantitative estimate of drug-likeness (QED) is 0.801. The van der Waals surface area contributed by atoms with Crippen molar-refractivity contribution in [3.8, 4) is 0 Å². The molecule has 1 aromatic rings. The normalized spacial score (nSPS) is 17.4. The van der Waals surface area contributed by atoms with E-state index in [9.17, 15) is 4.39 Å². The maximum atomic E-state index is 14.0. The predicted molar refractivity (Wildman–Crippen MR) is 64.9 cm³/mol. The molecule has 1 N–H and O–H groups in total. The lowest BCUT2D eigenvalue weighted by atomic mass is 9.98. The van der Waals surface area contributed by atoms with Gasteiger partial charge in [0.25, 0.3) is 0 Å². The van der Waals surface area contributed by atoms with Crippen molar-refractivity contribution in [2.45, 2.75) is 39.2 Å². The van der Waals surface area contributed by atoms with Crippen molar-refractivity contribution in [2.24, 2.45) is 5.92 Å². The van der Waals surface area contributed by atoms with Crippen LogP contribution in [0.4, 0.5) is 4.39 Å². The molecule has 16 heavy (non-hydrogen) atoms. The van der Waals surface area contributed by atoms with E-state index in [0.717, 1.165) is 30.0 Å². The number of rotatable bonds is 5. The van der Waals surface area contributed by atoms with E-state index < -0.39 is 0 Å². The summed E-state index contributed by atoms with van der Waals surface area (Å²) in [7, 11) is 0. The van der Waals surface area contributed by atoms with Crippen LogP contribution in [0, 0.1) is 18.7 Å². The number of hydrogen-bond donors (Lipinski definition) is 1. The molecule has 1 aromatic carbocycles. The summed E-state index contributed by atoms with van der Waals surface area (Å²) in [5, 5.41) is 3.40. The van der Waals surface area contributed by atoms with E-state index in [4.69, 9.17) is 0 Å².